The van der Waals surface area contributed by atoms with E-state index in [0.717, 1.165) is 26.1 Å². The van der Waals surface area contributed by atoms with Crippen LogP contribution in [-0.4, -0.2) is 53.7 Å². The summed E-state index contributed by atoms with van der Waals surface area (Å²) >= 11 is 0. The monoisotopic (exact) mass is 276 g/mol. The molecule has 2 atom stereocenters. The Kier molecular flexibility index (Phi) is 6.02. The van der Waals surface area contributed by atoms with Crippen LogP contribution in [0.5, 0.6) is 0 Å². The summed E-state index contributed by atoms with van der Waals surface area (Å²) in [5.74, 6) is 0. The molecule has 2 rings (SSSR count). The van der Waals surface area contributed by atoms with Crippen LogP contribution < -0.4 is 0 Å². The first-order valence-corrected chi connectivity index (χ1v) is 7.90. The molecule has 0 radical (unpaired) electrons. The van der Waals surface area contributed by atoms with Crippen LogP contribution in [0.25, 0.3) is 0 Å². The summed E-state index contributed by atoms with van der Waals surface area (Å²) in [5.41, 5.74) is 1.41. The van der Waals surface area contributed by atoms with E-state index in [0.29, 0.717) is 18.7 Å². The normalized spacial score (nSPS) is 21.5. The Hall–Kier alpha value is -0.900. The lowest BCUT2D eigenvalue weighted by molar-refractivity contribution is 0.170. The fourth-order valence-corrected chi connectivity index (χ4v) is 3.23. The molecule has 0 bridgehead atoms. The Morgan fingerprint density at radius 3 is 2.75 bits per heavy atom. The summed E-state index contributed by atoms with van der Waals surface area (Å²) in [5, 5.41) is 9.01. The minimum atomic E-state index is 0.299. The van der Waals surface area contributed by atoms with Gasteiger partial charge in [0.05, 0.1) is 0 Å². The summed E-state index contributed by atoms with van der Waals surface area (Å²) in [6.45, 7) is 9.25. The van der Waals surface area contributed by atoms with Gasteiger partial charge in [-0.15, -0.1) is 0 Å². The average Bonchev–Trinajstić information content (AvgIpc) is 2.98. The van der Waals surface area contributed by atoms with E-state index < -0.39 is 0 Å². The van der Waals surface area contributed by atoms with E-state index in [1.165, 1.54) is 18.5 Å². The number of likely N-dealkylation sites (tertiary alicyclic amines) is 1. The van der Waals surface area contributed by atoms with E-state index in [1.807, 2.05) is 0 Å². The highest BCUT2D eigenvalue weighted by atomic mass is 16.3. The molecular weight excluding hydrogens is 248 g/mol. The molecule has 3 heteroatoms. The molecule has 0 aromatic heterocycles. The van der Waals surface area contributed by atoms with Crippen LogP contribution in [0, 0.1) is 0 Å². The minimum Gasteiger partial charge on any atom is -0.396 e. The van der Waals surface area contributed by atoms with E-state index >= 15 is 0 Å². The van der Waals surface area contributed by atoms with Crippen molar-refractivity contribution in [3.05, 3.63) is 35.9 Å². The molecule has 1 aromatic rings. The van der Waals surface area contributed by atoms with Gasteiger partial charge in [0.15, 0.2) is 0 Å². The number of rotatable bonds is 7. The van der Waals surface area contributed by atoms with Gasteiger partial charge in [-0.3, -0.25) is 9.80 Å². The molecule has 0 saturated carbocycles. The van der Waals surface area contributed by atoms with Crippen LogP contribution in [-0.2, 0) is 0 Å². The standard InChI is InChI=1S/C17H28N2O/c1-3-18(11-7-13-20)17-10-12-19(14-17)15(2)16-8-5-4-6-9-16/h4-6,8-9,15,17,20H,3,7,10-14H2,1-2H3. The number of aliphatic hydroxyl groups is 1. The molecule has 0 spiro atoms. The Balaban J connectivity index is 1.91. The molecule has 1 fully saturated rings. The van der Waals surface area contributed by atoms with Crippen molar-refractivity contribution in [2.24, 2.45) is 0 Å². The smallest absolute Gasteiger partial charge is 0.0443 e. The second kappa shape index (κ2) is 7.77. The van der Waals surface area contributed by atoms with Crippen LogP contribution in [0.15, 0.2) is 30.3 Å². The highest BCUT2D eigenvalue weighted by Gasteiger charge is 2.29. The van der Waals surface area contributed by atoms with Crippen molar-refractivity contribution in [2.75, 3.05) is 32.8 Å². The molecule has 20 heavy (non-hydrogen) atoms. The fraction of sp³-hybridized carbons (Fsp3) is 0.647. The number of nitrogens with zero attached hydrogens (tertiary/aromatic N) is 2. The van der Waals surface area contributed by atoms with Gasteiger partial charge in [-0.05, 0) is 31.9 Å². The van der Waals surface area contributed by atoms with Crippen LogP contribution in [0.4, 0.5) is 0 Å². The molecule has 0 aliphatic carbocycles. The molecule has 1 N–H and O–H groups in total. The van der Waals surface area contributed by atoms with Gasteiger partial charge in [-0.1, -0.05) is 37.3 Å². The van der Waals surface area contributed by atoms with Crippen molar-refractivity contribution < 1.29 is 5.11 Å². The van der Waals surface area contributed by atoms with Crippen molar-refractivity contribution in [3.63, 3.8) is 0 Å². The SMILES string of the molecule is CCN(CCCO)C1CCN(C(C)c2ccccc2)C1. The molecule has 0 amide bonds. The third kappa shape index (κ3) is 3.81. The van der Waals surface area contributed by atoms with Crippen LogP contribution >= 0.6 is 0 Å². The van der Waals surface area contributed by atoms with Gasteiger partial charge >= 0.3 is 0 Å². The first kappa shape index (κ1) is 15.5. The number of hydrogen-bond donors (Lipinski definition) is 1. The van der Waals surface area contributed by atoms with E-state index in [4.69, 9.17) is 5.11 Å². The summed E-state index contributed by atoms with van der Waals surface area (Å²) < 4.78 is 0. The third-order valence-electron chi connectivity index (χ3n) is 4.55. The van der Waals surface area contributed by atoms with Gasteiger partial charge in [0.1, 0.15) is 0 Å². The summed E-state index contributed by atoms with van der Waals surface area (Å²) in [6.07, 6.45) is 2.13. The zero-order valence-electron chi connectivity index (χ0n) is 12.8. The first-order chi connectivity index (χ1) is 9.76. The van der Waals surface area contributed by atoms with E-state index in [1.54, 1.807) is 0 Å². The largest absolute Gasteiger partial charge is 0.396 e. The summed E-state index contributed by atoms with van der Waals surface area (Å²) in [7, 11) is 0. The first-order valence-electron chi connectivity index (χ1n) is 7.90. The number of aliphatic hydroxyl groups excluding tert-OH is 1. The lowest BCUT2D eigenvalue weighted by Gasteiger charge is -2.29. The second-order valence-corrected chi connectivity index (χ2v) is 5.73. The zero-order valence-corrected chi connectivity index (χ0v) is 12.8. The van der Waals surface area contributed by atoms with E-state index in [-0.39, 0.29) is 0 Å². The molecule has 1 aliphatic heterocycles. The highest BCUT2D eigenvalue weighted by molar-refractivity contribution is 5.18. The molecular formula is C17H28N2O. The molecule has 1 saturated heterocycles. The van der Waals surface area contributed by atoms with Crippen LogP contribution in [0.1, 0.15) is 38.3 Å². The number of hydrogen-bond acceptors (Lipinski definition) is 3. The average molecular weight is 276 g/mol. The van der Waals surface area contributed by atoms with Crippen LogP contribution in [0.2, 0.25) is 0 Å². The highest BCUT2D eigenvalue weighted by Crippen LogP contribution is 2.26. The van der Waals surface area contributed by atoms with Crippen molar-refractivity contribution >= 4 is 0 Å². The topological polar surface area (TPSA) is 26.7 Å². The maximum Gasteiger partial charge on any atom is 0.0443 e. The Bertz CT molecular complexity index is 382. The molecule has 112 valence electrons. The predicted molar refractivity (Wildman–Crippen MR) is 83.8 cm³/mol. The number of likely N-dealkylation sites (N-methyl/N-ethyl adjacent to an activating group) is 1. The second-order valence-electron chi connectivity index (χ2n) is 5.73. The molecule has 1 aromatic carbocycles. The van der Waals surface area contributed by atoms with Gasteiger partial charge in [-0.25, -0.2) is 0 Å². The quantitative estimate of drug-likeness (QED) is 0.829. The Morgan fingerprint density at radius 2 is 2.10 bits per heavy atom. The molecule has 3 nitrogen and oxygen atoms in total. The molecule has 2 unspecified atom stereocenters. The third-order valence-corrected chi connectivity index (χ3v) is 4.55. The van der Waals surface area contributed by atoms with Gasteiger partial charge in [-0.2, -0.15) is 0 Å². The Morgan fingerprint density at radius 1 is 1.35 bits per heavy atom. The van der Waals surface area contributed by atoms with Gasteiger partial charge in [0.2, 0.25) is 0 Å². The van der Waals surface area contributed by atoms with Crippen LogP contribution in [0.3, 0.4) is 0 Å². The van der Waals surface area contributed by atoms with E-state index in [9.17, 15) is 0 Å². The lowest BCUT2D eigenvalue weighted by Crippen LogP contribution is -2.38. The van der Waals surface area contributed by atoms with Gasteiger partial charge < -0.3 is 5.11 Å². The lowest BCUT2D eigenvalue weighted by atomic mass is 10.1. The van der Waals surface area contributed by atoms with Gasteiger partial charge in [0.25, 0.3) is 0 Å². The van der Waals surface area contributed by atoms with Crippen molar-refractivity contribution in [1.82, 2.24) is 9.80 Å². The van der Waals surface area contributed by atoms with Crippen molar-refractivity contribution in [2.45, 2.75) is 38.8 Å². The maximum absolute atomic E-state index is 9.01. The minimum absolute atomic E-state index is 0.299. The number of benzene rings is 1. The predicted octanol–water partition coefficient (Wildman–Crippen LogP) is 2.53. The summed E-state index contributed by atoms with van der Waals surface area (Å²) in [6, 6.07) is 11.9. The fourth-order valence-electron chi connectivity index (χ4n) is 3.23. The zero-order chi connectivity index (χ0) is 14.4. The van der Waals surface area contributed by atoms with Crippen molar-refractivity contribution in [1.29, 1.82) is 0 Å². The molecule has 1 heterocycles. The van der Waals surface area contributed by atoms with E-state index in [2.05, 4.69) is 54.0 Å². The summed E-state index contributed by atoms with van der Waals surface area (Å²) in [4.78, 5) is 5.11. The maximum atomic E-state index is 9.01. The van der Waals surface area contributed by atoms with Gasteiger partial charge in [0, 0.05) is 38.3 Å². The molecule has 1 aliphatic rings. The van der Waals surface area contributed by atoms with Crippen molar-refractivity contribution in [3.8, 4) is 0 Å². The Labute approximate surface area is 123 Å².